The molecular weight excluding hydrogens is 330 g/mol. The number of hydrogen-bond acceptors (Lipinski definition) is 6. The minimum Gasteiger partial charge on any atom is -0.492 e. The van der Waals surface area contributed by atoms with Crippen LogP contribution in [0.2, 0.25) is 0 Å². The van der Waals surface area contributed by atoms with Gasteiger partial charge in [0, 0.05) is 6.20 Å². The van der Waals surface area contributed by atoms with Crippen LogP contribution >= 0.6 is 0 Å². The highest BCUT2D eigenvalue weighted by Gasteiger charge is 2.11. The second-order valence-corrected chi connectivity index (χ2v) is 5.36. The van der Waals surface area contributed by atoms with Crippen LogP contribution in [0.15, 0.2) is 60.8 Å². The Labute approximate surface area is 151 Å². The van der Waals surface area contributed by atoms with Gasteiger partial charge < -0.3 is 15.4 Å². The quantitative estimate of drug-likeness (QED) is 0.681. The predicted molar refractivity (Wildman–Crippen MR) is 99.2 cm³/mol. The van der Waals surface area contributed by atoms with Crippen LogP contribution in [0.5, 0.6) is 5.75 Å². The lowest BCUT2D eigenvalue weighted by Crippen LogP contribution is -2.15. The lowest BCUT2D eigenvalue weighted by Gasteiger charge is -2.11. The summed E-state index contributed by atoms with van der Waals surface area (Å²) in [6.07, 6.45) is 1.73. The van der Waals surface area contributed by atoms with Crippen LogP contribution in [0.1, 0.15) is 23.1 Å². The lowest BCUT2D eigenvalue weighted by atomic mass is 10.2. The van der Waals surface area contributed by atoms with Crippen LogP contribution in [0.3, 0.4) is 0 Å². The molecule has 2 heterocycles. The molecule has 0 aliphatic rings. The fraction of sp³-hybridized carbons (Fsp3) is 0.158. The Balaban J connectivity index is 1.62. The molecule has 2 aromatic heterocycles. The second-order valence-electron chi connectivity index (χ2n) is 5.36. The Bertz CT molecular complexity index is 853. The molecule has 26 heavy (non-hydrogen) atoms. The lowest BCUT2D eigenvalue weighted by molar-refractivity contribution is 0.102. The fourth-order valence-corrected chi connectivity index (χ4v) is 2.27. The molecule has 1 aromatic carbocycles. The van der Waals surface area contributed by atoms with E-state index in [0.29, 0.717) is 30.4 Å². The van der Waals surface area contributed by atoms with Crippen molar-refractivity contribution in [3.8, 4) is 5.75 Å². The molecular formula is C19H19N5O2. The average molecular weight is 349 g/mol. The largest absolute Gasteiger partial charge is 0.492 e. The van der Waals surface area contributed by atoms with E-state index in [1.165, 1.54) is 0 Å². The van der Waals surface area contributed by atoms with E-state index in [0.717, 1.165) is 5.69 Å². The van der Waals surface area contributed by atoms with E-state index in [9.17, 15) is 4.79 Å². The normalized spacial score (nSPS) is 10.2. The molecule has 0 bridgehead atoms. The van der Waals surface area contributed by atoms with E-state index in [1.807, 2.05) is 37.3 Å². The number of ether oxygens (including phenoxy) is 1. The fourth-order valence-electron chi connectivity index (χ4n) is 2.27. The maximum atomic E-state index is 12.4. The van der Waals surface area contributed by atoms with Crippen LogP contribution in [-0.4, -0.2) is 27.7 Å². The van der Waals surface area contributed by atoms with Crippen molar-refractivity contribution in [2.45, 2.75) is 13.5 Å². The van der Waals surface area contributed by atoms with Crippen molar-refractivity contribution < 1.29 is 9.53 Å². The van der Waals surface area contributed by atoms with Gasteiger partial charge in [0.25, 0.3) is 5.91 Å². The van der Waals surface area contributed by atoms with Gasteiger partial charge in [0.15, 0.2) is 5.69 Å². The number of carbonyl (C=O) groups is 1. The van der Waals surface area contributed by atoms with Gasteiger partial charge in [-0.1, -0.05) is 18.2 Å². The number of nitrogens with one attached hydrogen (secondary N) is 2. The average Bonchev–Trinajstić information content (AvgIpc) is 2.69. The maximum absolute atomic E-state index is 12.4. The summed E-state index contributed by atoms with van der Waals surface area (Å²) < 4.78 is 5.50. The summed E-state index contributed by atoms with van der Waals surface area (Å²) in [4.78, 5) is 16.6. The zero-order chi connectivity index (χ0) is 18.2. The first-order valence-electron chi connectivity index (χ1n) is 8.27. The van der Waals surface area contributed by atoms with Gasteiger partial charge in [-0.25, -0.2) is 0 Å². The predicted octanol–water partition coefficient (Wildman–Crippen LogP) is 3.13. The van der Waals surface area contributed by atoms with Gasteiger partial charge in [-0.2, -0.15) is 0 Å². The van der Waals surface area contributed by atoms with Crippen LogP contribution in [0, 0.1) is 0 Å². The van der Waals surface area contributed by atoms with Crippen molar-refractivity contribution in [2.75, 3.05) is 17.2 Å². The van der Waals surface area contributed by atoms with E-state index >= 15 is 0 Å². The zero-order valence-corrected chi connectivity index (χ0v) is 14.3. The molecule has 7 nitrogen and oxygen atoms in total. The molecule has 0 saturated heterocycles. The minimum atomic E-state index is -0.346. The highest BCUT2D eigenvalue weighted by molar-refractivity contribution is 6.03. The highest BCUT2D eigenvalue weighted by Crippen LogP contribution is 2.24. The monoisotopic (exact) mass is 349 g/mol. The van der Waals surface area contributed by atoms with Crippen molar-refractivity contribution in [3.63, 3.8) is 0 Å². The summed E-state index contributed by atoms with van der Waals surface area (Å²) in [7, 11) is 0. The Hall–Kier alpha value is -3.48. The number of aromatic nitrogens is 3. The topological polar surface area (TPSA) is 89.0 Å². The van der Waals surface area contributed by atoms with Gasteiger partial charge in [0.1, 0.15) is 11.6 Å². The molecule has 7 heteroatoms. The number of rotatable bonds is 7. The van der Waals surface area contributed by atoms with E-state index < -0.39 is 0 Å². The second kappa shape index (κ2) is 8.57. The molecule has 132 valence electrons. The van der Waals surface area contributed by atoms with Gasteiger partial charge >= 0.3 is 0 Å². The summed E-state index contributed by atoms with van der Waals surface area (Å²) in [6.45, 7) is 2.94. The SMILES string of the molecule is CCOc1ccccc1NC(=O)c1ccc(NCc2ccccn2)nn1. The molecule has 1 amide bonds. The van der Waals surface area contributed by atoms with Crippen LogP contribution in [0.25, 0.3) is 0 Å². The molecule has 2 N–H and O–H groups in total. The third-order valence-corrected chi connectivity index (χ3v) is 3.51. The molecule has 0 fully saturated rings. The van der Waals surface area contributed by atoms with Crippen molar-refractivity contribution in [1.29, 1.82) is 0 Å². The highest BCUT2D eigenvalue weighted by atomic mass is 16.5. The number of hydrogen-bond donors (Lipinski definition) is 2. The Morgan fingerprint density at radius 3 is 2.62 bits per heavy atom. The Kier molecular flexibility index (Phi) is 5.72. The molecule has 3 aromatic rings. The maximum Gasteiger partial charge on any atom is 0.276 e. The zero-order valence-electron chi connectivity index (χ0n) is 14.3. The molecule has 0 spiro atoms. The summed E-state index contributed by atoms with van der Waals surface area (Å²) in [5.74, 6) is 0.841. The Morgan fingerprint density at radius 1 is 1.04 bits per heavy atom. The van der Waals surface area contributed by atoms with Crippen LogP contribution in [-0.2, 0) is 6.54 Å². The van der Waals surface area contributed by atoms with Crippen molar-refractivity contribution in [1.82, 2.24) is 15.2 Å². The number of para-hydroxylation sites is 2. The van der Waals surface area contributed by atoms with Crippen molar-refractivity contribution in [3.05, 3.63) is 72.2 Å². The number of amides is 1. The van der Waals surface area contributed by atoms with Gasteiger partial charge in [-0.3, -0.25) is 9.78 Å². The number of benzene rings is 1. The summed E-state index contributed by atoms with van der Waals surface area (Å²) in [5, 5.41) is 13.9. The summed E-state index contributed by atoms with van der Waals surface area (Å²) >= 11 is 0. The molecule has 0 unspecified atom stereocenters. The number of nitrogens with zero attached hydrogens (tertiary/aromatic N) is 3. The van der Waals surface area contributed by atoms with Gasteiger partial charge in [0.05, 0.1) is 24.5 Å². The summed E-state index contributed by atoms with van der Waals surface area (Å²) in [6, 6.07) is 16.3. The third kappa shape index (κ3) is 4.54. The van der Waals surface area contributed by atoms with E-state index in [-0.39, 0.29) is 11.6 Å². The molecule has 0 aliphatic heterocycles. The van der Waals surface area contributed by atoms with Gasteiger partial charge in [-0.05, 0) is 43.3 Å². The third-order valence-electron chi connectivity index (χ3n) is 3.51. The van der Waals surface area contributed by atoms with Crippen LogP contribution < -0.4 is 15.4 Å². The van der Waals surface area contributed by atoms with Crippen LogP contribution in [0.4, 0.5) is 11.5 Å². The van der Waals surface area contributed by atoms with E-state index in [2.05, 4.69) is 25.8 Å². The molecule has 0 saturated carbocycles. The first-order valence-corrected chi connectivity index (χ1v) is 8.27. The van der Waals surface area contributed by atoms with Crippen molar-refractivity contribution in [2.24, 2.45) is 0 Å². The standard InChI is InChI=1S/C19H19N5O2/c1-2-26-17-9-4-3-8-15(17)22-19(25)16-10-11-18(24-23-16)21-13-14-7-5-6-12-20-14/h3-12H,2,13H2,1H3,(H,21,24)(H,22,25). The number of pyridine rings is 1. The molecule has 0 aliphatic carbocycles. The smallest absolute Gasteiger partial charge is 0.276 e. The van der Waals surface area contributed by atoms with Gasteiger partial charge in [-0.15, -0.1) is 10.2 Å². The minimum absolute atomic E-state index is 0.222. The number of anilines is 2. The summed E-state index contributed by atoms with van der Waals surface area (Å²) in [5.41, 5.74) is 1.71. The first kappa shape index (κ1) is 17.3. The molecule has 0 atom stereocenters. The molecule has 0 radical (unpaired) electrons. The van der Waals surface area contributed by atoms with E-state index in [1.54, 1.807) is 30.5 Å². The van der Waals surface area contributed by atoms with Gasteiger partial charge in [0.2, 0.25) is 0 Å². The first-order chi connectivity index (χ1) is 12.8. The molecule has 3 rings (SSSR count). The Morgan fingerprint density at radius 2 is 1.88 bits per heavy atom. The van der Waals surface area contributed by atoms with E-state index in [4.69, 9.17) is 4.74 Å². The number of carbonyl (C=O) groups excluding carboxylic acids is 1. The van der Waals surface area contributed by atoms with Crippen molar-refractivity contribution >= 4 is 17.4 Å².